The van der Waals surface area contributed by atoms with Crippen LogP contribution in [0.15, 0.2) is 146 Å². The molecule has 0 saturated carbocycles. The number of ether oxygens (including phenoxy) is 2. The fourth-order valence-electron chi connectivity index (χ4n) is 14.0. The molecule has 4 atom stereocenters. The number of esters is 1. The first-order valence-electron chi connectivity index (χ1n) is 34.0. The minimum atomic E-state index is -5.24. The second-order valence-corrected chi connectivity index (χ2v) is 28.0. The Hall–Kier alpha value is -9.92. The number of anilines is 3. The number of alkyl halides is 3. The summed E-state index contributed by atoms with van der Waals surface area (Å²) < 4.78 is 54.3. The smallest absolute Gasteiger partial charge is 0.448 e. The van der Waals surface area contributed by atoms with Gasteiger partial charge in [-0.2, -0.15) is 18.4 Å². The third kappa shape index (κ3) is 16.8. The summed E-state index contributed by atoms with van der Waals surface area (Å²) in [4.78, 5) is 73.3. The third-order valence-electron chi connectivity index (χ3n) is 20.0. The van der Waals surface area contributed by atoms with E-state index >= 15 is 9.59 Å². The molecule has 0 bridgehead atoms. The standard InChI is InChI=1S/C78H88ClF3N12O7/c1-47(2)71(84)72(85)51(20-16-34-87-76(86)98)42-88-56-28-26-53(54(36-56)43-89(5)77(99)100-46-68-63-24-14-12-22-61(63)62-23-13-15-25-64(62)68)45-94(8,9)35-17-21-58-37-50-18-10-11-19-52(50)44-92(58)73(95)65-33-27-55(79)38-67(65)70-40-66(48(3)91(70)7)74(96)93(69-39-59(41-83)90(6)49(69)4)57-29-31-60(32-30-57)101-75(97)78(80,81)82/h10-15,18-19,22-33,36,38-40,47,51,58,68,71-72,88H,16-17,20-21,34-35,37,42-46,84-85H2,1-9H3,(H2-,86,87,98)/p+1/t51-,58-,71-,72?/m1/s1. The highest BCUT2D eigenvalue weighted by Crippen LogP contribution is 2.45. The molecule has 6 aromatic carbocycles. The minimum Gasteiger partial charge on any atom is -0.448 e. The number of nitrogens with two attached hydrogens (primary N) is 3. The Morgan fingerprint density at radius 1 is 0.782 bits per heavy atom. The monoisotopic (exact) mass is 1400 g/mol. The second kappa shape index (κ2) is 31.3. The van der Waals surface area contributed by atoms with Crippen molar-refractivity contribution in [2.45, 2.75) is 110 Å². The maximum atomic E-state index is 15.7. The Morgan fingerprint density at radius 3 is 2.09 bits per heavy atom. The van der Waals surface area contributed by atoms with Crippen molar-refractivity contribution in [3.8, 4) is 34.2 Å². The summed E-state index contributed by atoms with van der Waals surface area (Å²) in [7, 11) is 9.57. The van der Waals surface area contributed by atoms with Crippen molar-refractivity contribution in [1.82, 2.24) is 24.3 Å². The van der Waals surface area contributed by atoms with Crippen LogP contribution in [0.1, 0.15) is 117 Å². The summed E-state index contributed by atoms with van der Waals surface area (Å²) in [5.41, 5.74) is 31.8. The average Bonchev–Trinajstić information content (AvgIpc) is 1.67. The summed E-state index contributed by atoms with van der Waals surface area (Å²) >= 11 is 6.83. The van der Waals surface area contributed by atoms with E-state index in [9.17, 15) is 32.8 Å². The van der Waals surface area contributed by atoms with Crippen LogP contribution in [-0.2, 0) is 49.7 Å². The second-order valence-electron chi connectivity index (χ2n) is 27.6. The van der Waals surface area contributed by atoms with Gasteiger partial charge in [0.25, 0.3) is 11.8 Å². The zero-order valence-corrected chi connectivity index (χ0v) is 59.3. The van der Waals surface area contributed by atoms with Crippen LogP contribution in [-0.4, -0.2) is 125 Å². The lowest BCUT2D eigenvalue weighted by Crippen LogP contribution is -2.51. The molecule has 10 rings (SSSR count). The maximum Gasteiger partial charge on any atom is 0.491 e. The van der Waals surface area contributed by atoms with Gasteiger partial charge in [0.2, 0.25) is 0 Å². The molecule has 3 heterocycles. The molecule has 19 nitrogen and oxygen atoms in total. The molecule has 0 fully saturated rings. The predicted molar refractivity (Wildman–Crippen MR) is 386 cm³/mol. The van der Waals surface area contributed by atoms with Gasteiger partial charge in [0, 0.05) is 122 Å². The van der Waals surface area contributed by atoms with Gasteiger partial charge in [-0.15, -0.1) is 0 Å². The molecule has 1 aliphatic heterocycles. The molecule has 0 saturated heterocycles. The van der Waals surface area contributed by atoms with Crippen LogP contribution in [0.25, 0.3) is 22.4 Å². The van der Waals surface area contributed by atoms with Crippen molar-refractivity contribution in [2.24, 2.45) is 43.1 Å². The van der Waals surface area contributed by atoms with Crippen LogP contribution in [0.4, 0.5) is 39.8 Å². The minimum absolute atomic E-state index is 0.0517. The first kappa shape index (κ1) is 73.8. The molecule has 101 heavy (non-hydrogen) atoms. The molecule has 8 N–H and O–H groups in total. The van der Waals surface area contributed by atoms with Crippen LogP contribution >= 0.6 is 11.6 Å². The van der Waals surface area contributed by atoms with Gasteiger partial charge in [0.05, 0.1) is 31.9 Å². The summed E-state index contributed by atoms with van der Waals surface area (Å²) in [6.07, 6.45) is -2.36. The third-order valence-corrected chi connectivity index (χ3v) is 20.2. The van der Waals surface area contributed by atoms with Crippen molar-refractivity contribution in [2.75, 3.05) is 57.6 Å². The topological polar surface area (TPSA) is 249 Å². The molecule has 2 aliphatic rings. The van der Waals surface area contributed by atoms with Crippen molar-refractivity contribution >= 4 is 58.6 Å². The number of nitrogens with one attached hydrogen (secondary N) is 2. The molecule has 0 spiro atoms. The number of rotatable bonds is 26. The number of hydrogen-bond donors (Lipinski definition) is 5. The Morgan fingerprint density at radius 2 is 1.45 bits per heavy atom. The van der Waals surface area contributed by atoms with E-state index in [1.54, 1.807) is 73.3 Å². The number of quaternary nitrogens is 1. The van der Waals surface area contributed by atoms with Gasteiger partial charge in [-0.25, -0.2) is 14.4 Å². The molecular formula is C78H89ClF3N12O7+. The zero-order valence-electron chi connectivity index (χ0n) is 58.5. The molecule has 23 heteroatoms. The zero-order chi connectivity index (χ0) is 72.8. The number of hydrogen-bond acceptors (Lipinski definition) is 11. The molecule has 0 radical (unpaired) electrons. The van der Waals surface area contributed by atoms with Crippen molar-refractivity contribution in [3.63, 3.8) is 0 Å². The van der Waals surface area contributed by atoms with Crippen LogP contribution in [0.3, 0.4) is 0 Å². The van der Waals surface area contributed by atoms with Gasteiger partial charge in [-0.3, -0.25) is 14.5 Å². The fraction of sp³-hybridized carbons (Fsp3) is 0.359. The summed E-state index contributed by atoms with van der Waals surface area (Å²) in [6.45, 7) is 10.6. The maximum absolute atomic E-state index is 15.7. The fourth-order valence-corrected chi connectivity index (χ4v) is 14.2. The largest absolute Gasteiger partial charge is 0.491 e. The molecule has 1 unspecified atom stereocenters. The lowest BCUT2D eigenvalue weighted by atomic mass is 9.85. The molecule has 5 amide bonds. The number of nitriles is 1. The number of nitrogens with zero attached hydrogens (tertiary/aromatic N) is 7. The van der Waals surface area contributed by atoms with E-state index in [0.717, 1.165) is 75.3 Å². The van der Waals surface area contributed by atoms with Gasteiger partial charge < -0.3 is 60.7 Å². The highest BCUT2D eigenvalue weighted by Gasteiger charge is 2.42. The van der Waals surface area contributed by atoms with E-state index in [2.05, 4.69) is 97.9 Å². The van der Waals surface area contributed by atoms with Gasteiger partial charge in [-0.05, 0) is 163 Å². The SMILES string of the molecule is Cc1c(N(C(=O)c2cc(-c3cc(Cl)ccc3C(=O)N3Cc4ccccc4C[C@H]3CCC[N+](C)(C)Cc3ccc(NC[C@@H](CCCNC(N)=O)C(N)[C@H](N)C(C)C)cc3CN(C)C(=O)OCC3c4ccccc4-c4ccccc43)n(C)c2C)c2ccc(OC(=O)C(F)(F)F)cc2)cc(C#N)n1C. The number of fused-ring (bicyclic) bond motifs is 4. The number of carbonyl (C=O) groups is 5. The number of halogens is 4. The first-order valence-corrected chi connectivity index (χ1v) is 34.3. The Bertz CT molecular complexity index is 4380. The van der Waals surface area contributed by atoms with Crippen molar-refractivity contribution in [1.29, 1.82) is 5.26 Å². The van der Waals surface area contributed by atoms with Gasteiger partial charge in [0.1, 0.15) is 30.7 Å². The van der Waals surface area contributed by atoms with Crippen LogP contribution in [0, 0.1) is 37.0 Å². The van der Waals surface area contributed by atoms with E-state index in [4.69, 9.17) is 33.5 Å². The van der Waals surface area contributed by atoms with Crippen LogP contribution in [0.5, 0.6) is 5.75 Å². The molecule has 1 aliphatic carbocycles. The van der Waals surface area contributed by atoms with E-state index in [-0.39, 0.29) is 71.9 Å². The van der Waals surface area contributed by atoms with E-state index in [0.29, 0.717) is 95.3 Å². The number of urea groups is 1. The lowest BCUT2D eigenvalue weighted by Gasteiger charge is -2.38. The number of benzene rings is 6. The van der Waals surface area contributed by atoms with Gasteiger partial charge >= 0.3 is 24.3 Å². The number of aromatic nitrogens is 2. The highest BCUT2D eigenvalue weighted by atomic mass is 35.5. The molecular weight excluding hydrogens is 1310 g/mol. The highest BCUT2D eigenvalue weighted by molar-refractivity contribution is 6.31. The van der Waals surface area contributed by atoms with E-state index in [1.807, 2.05) is 47.4 Å². The number of carbonyl (C=O) groups excluding carboxylic acids is 5. The molecule has 8 aromatic rings. The van der Waals surface area contributed by atoms with Gasteiger partial charge in [-0.1, -0.05) is 104 Å². The molecule has 2 aromatic heterocycles. The average molecular weight is 1400 g/mol. The summed E-state index contributed by atoms with van der Waals surface area (Å²) in [5, 5.41) is 16.7. The normalized spacial score (nSPS) is 14.4. The summed E-state index contributed by atoms with van der Waals surface area (Å²) in [6, 6.07) is 44.9. The lowest BCUT2D eigenvalue weighted by molar-refractivity contribution is -0.903. The van der Waals surface area contributed by atoms with E-state index < -0.39 is 35.9 Å². The number of primary amides is 1. The Balaban J connectivity index is 0.895. The van der Waals surface area contributed by atoms with Crippen LogP contribution in [0.2, 0.25) is 5.02 Å². The predicted octanol–water partition coefficient (Wildman–Crippen LogP) is 13.4. The van der Waals surface area contributed by atoms with Crippen molar-refractivity contribution < 1.29 is 51.1 Å². The quantitative estimate of drug-likeness (QED) is 0.0148. The summed E-state index contributed by atoms with van der Waals surface area (Å²) in [5.74, 6) is -3.62. The number of amides is 5. The molecule has 530 valence electrons. The van der Waals surface area contributed by atoms with E-state index in [1.165, 1.54) is 23.1 Å². The van der Waals surface area contributed by atoms with Crippen molar-refractivity contribution in [3.05, 3.63) is 212 Å². The van der Waals surface area contributed by atoms with Gasteiger partial charge in [0.15, 0.2) is 0 Å². The van der Waals surface area contributed by atoms with Crippen LogP contribution < -0.4 is 37.5 Å². The Kier molecular flexibility index (Phi) is 22.9. The first-order chi connectivity index (χ1) is 48.0. The Labute approximate surface area is 593 Å².